The molecule has 1 unspecified atom stereocenters. The van der Waals surface area contributed by atoms with Gasteiger partial charge in [0.05, 0.1) is 4.47 Å². The Morgan fingerprint density at radius 1 is 1.11 bits per heavy atom. The molecule has 100 valence electrons. The maximum absolute atomic E-state index is 13.5. The molecule has 0 spiro atoms. The fourth-order valence-electron chi connectivity index (χ4n) is 2.23. The van der Waals surface area contributed by atoms with E-state index < -0.39 is 0 Å². The van der Waals surface area contributed by atoms with E-state index in [1.165, 1.54) is 22.8 Å². The number of benzene rings is 2. The summed E-state index contributed by atoms with van der Waals surface area (Å²) < 4.78 is 14.0. The zero-order chi connectivity index (χ0) is 14.0. The van der Waals surface area contributed by atoms with E-state index in [4.69, 9.17) is 0 Å². The molecule has 2 aromatic rings. The number of hydrogen-bond donors (Lipinski definition) is 1. The fourth-order valence-corrected chi connectivity index (χ4v) is 2.47. The molecule has 0 fully saturated rings. The molecule has 1 N–H and O–H groups in total. The van der Waals surface area contributed by atoms with Crippen molar-refractivity contribution < 1.29 is 4.39 Å². The summed E-state index contributed by atoms with van der Waals surface area (Å²) in [4.78, 5) is 0. The minimum absolute atomic E-state index is 0.140. The summed E-state index contributed by atoms with van der Waals surface area (Å²) in [5.74, 6) is -0.252. The van der Waals surface area contributed by atoms with Crippen molar-refractivity contribution >= 4 is 21.6 Å². The van der Waals surface area contributed by atoms with Crippen LogP contribution in [0.4, 0.5) is 10.1 Å². The Morgan fingerprint density at radius 2 is 1.84 bits per heavy atom. The molecule has 19 heavy (non-hydrogen) atoms. The third-order valence-corrected chi connectivity index (χ3v) is 3.84. The molecule has 0 saturated heterocycles. The van der Waals surface area contributed by atoms with Crippen LogP contribution in [0.15, 0.2) is 40.9 Å². The normalized spacial score (nSPS) is 12.3. The number of rotatable bonds is 3. The highest BCUT2D eigenvalue weighted by molar-refractivity contribution is 9.10. The molecule has 0 radical (unpaired) electrons. The summed E-state index contributed by atoms with van der Waals surface area (Å²) in [6.07, 6.45) is 0. The van der Waals surface area contributed by atoms with Gasteiger partial charge in [0, 0.05) is 11.7 Å². The van der Waals surface area contributed by atoms with Gasteiger partial charge < -0.3 is 5.32 Å². The second kappa shape index (κ2) is 5.74. The van der Waals surface area contributed by atoms with Crippen LogP contribution in [0.1, 0.15) is 29.7 Å². The van der Waals surface area contributed by atoms with Crippen molar-refractivity contribution in [1.82, 2.24) is 0 Å². The molecule has 0 heterocycles. The lowest BCUT2D eigenvalue weighted by Crippen LogP contribution is -2.08. The van der Waals surface area contributed by atoms with Crippen LogP contribution in [-0.4, -0.2) is 0 Å². The summed E-state index contributed by atoms with van der Waals surface area (Å²) in [6, 6.07) is 11.6. The van der Waals surface area contributed by atoms with Gasteiger partial charge in [-0.3, -0.25) is 0 Å². The van der Waals surface area contributed by atoms with Gasteiger partial charge in [0.25, 0.3) is 0 Å². The predicted molar refractivity (Wildman–Crippen MR) is 82.1 cm³/mol. The van der Waals surface area contributed by atoms with E-state index >= 15 is 0 Å². The number of aryl methyl sites for hydroxylation is 2. The highest BCUT2D eigenvalue weighted by Crippen LogP contribution is 2.25. The quantitative estimate of drug-likeness (QED) is 0.800. The van der Waals surface area contributed by atoms with Crippen molar-refractivity contribution in [1.29, 1.82) is 0 Å². The molecule has 0 aliphatic heterocycles. The van der Waals surface area contributed by atoms with Gasteiger partial charge in [-0.25, -0.2) is 4.39 Å². The van der Waals surface area contributed by atoms with E-state index in [1.54, 1.807) is 6.07 Å². The molecule has 0 aliphatic rings. The lowest BCUT2D eigenvalue weighted by Gasteiger charge is -2.18. The summed E-state index contributed by atoms with van der Waals surface area (Å²) in [5, 5.41) is 3.33. The van der Waals surface area contributed by atoms with E-state index in [1.807, 2.05) is 6.07 Å². The fraction of sp³-hybridized carbons (Fsp3) is 0.250. The minimum atomic E-state index is -0.252. The lowest BCUT2D eigenvalue weighted by molar-refractivity contribution is 0.621. The van der Waals surface area contributed by atoms with E-state index in [2.05, 4.69) is 60.2 Å². The van der Waals surface area contributed by atoms with Crippen molar-refractivity contribution in [3.8, 4) is 0 Å². The molecule has 2 aromatic carbocycles. The third-order valence-electron chi connectivity index (χ3n) is 3.19. The van der Waals surface area contributed by atoms with Gasteiger partial charge in [-0.1, -0.05) is 23.8 Å². The first-order valence-electron chi connectivity index (χ1n) is 6.26. The topological polar surface area (TPSA) is 12.0 Å². The Morgan fingerprint density at radius 3 is 2.47 bits per heavy atom. The second-order valence-electron chi connectivity index (χ2n) is 4.85. The molecular formula is C16H17BrFN. The smallest absolute Gasteiger partial charge is 0.139 e. The molecule has 0 aliphatic carbocycles. The zero-order valence-corrected chi connectivity index (χ0v) is 12.9. The van der Waals surface area contributed by atoms with E-state index in [0.29, 0.717) is 4.47 Å². The van der Waals surface area contributed by atoms with Gasteiger partial charge in [0.2, 0.25) is 0 Å². The Hall–Kier alpha value is -1.35. The van der Waals surface area contributed by atoms with Crippen molar-refractivity contribution in [2.45, 2.75) is 26.8 Å². The molecular weight excluding hydrogens is 305 g/mol. The second-order valence-corrected chi connectivity index (χ2v) is 5.71. The Labute approximate surface area is 122 Å². The van der Waals surface area contributed by atoms with Gasteiger partial charge in [0.1, 0.15) is 5.82 Å². The Balaban J connectivity index is 2.20. The van der Waals surface area contributed by atoms with E-state index in [0.717, 1.165) is 5.69 Å². The van der Waals surface area contributed by atoms with Crippen LogP contribution in [0.5, 0.6) is 0 Å². The van der Waals surface area contributed by atoms with Gasteiger partial charge >= 0.3 is 0 Å². The lowest BCUT2D eigenvalue weighted by atomic mass is 10.00. The first-order chi connectivity index (χ1) is 8.97. The van der Waals surface area contributed by atoms with Crippen LogP contribution in [0.2, 0.25) is 0 Å². The first-order valence-corrected chi connectivity index (χ1v) is 7.05. The minimum Gasteiger partial charge on any atom is -0.378 e. The molecule has 0 aromatic heterocycles. The molecule has 1 nitrogen and oxygen atoms in total. The summed E-state index contributed by atoms with van der Waals surface area (Å²) in [7, 11) is 0. The highest BCUT2D eigenvalue weighted by atomic mass is 79.9. The molecule has 0 saturated carbocycles. The van der Waals surface area contributed by atoms with Crippen LogP contribution in [0, 0.1) is 19.7 Å². The number of nitrogens with one attached hydrogen (secondary N) is 1. The van der Waals surface area contributed by atoms with Crippen molar-refractivity contribution in [2.24, 2.45) is 0 Å². The number of hydrogen-bond acceptors (Lipinski definition) is 1. The maximum Gasteiger partial charge on any atom is 0.139 e. The first kappa shape index (κ1) is 14.1. The summed E-state index contributed by atoms with van der Waals surface area (Å²) in [5.41, 5.74) is 4.52. The van der Waals surface area contributed by atoms with Crippen molar-refractivity contribution in [3.05, 3.63) is 63.4 Å². The summed E-state index contributed by atoms with van der Waals surface area (Å²) >= 11 is 3.16. The average Bonchev–Trinajstić information content (AvgIpc) is 2.33. The van der Waals surface area contributed by atoms with Gasteiger partial charge in [-0.05, 0) is 66.0 Å². The van der Waals surface area contributed by atoms with Gasteiger partial charge in [-0.2, -0.15) is 0 Å². The van der Waals surface area contributed by atoms with Gasteiger partial charge in [-0.15, -0.1) is 0 Å². The predicted octanol–water partition coefficient (Wildman–Crippen LogP) is 5.38. The molecule has 3 heteroatoms. The monoisotopic (exact) mass is 321 g/mol. The highest BCUT2D eigenvalue weighted by Gasteiger charge is 2.09. The average molecular weight is 322 g/mol. The summed E-state index contributed by atoms with van der Waals surface area (Å²) in [6.45, 7) is 6.26. The van der Waals surface area contributed by atoms with Crippen LogP contribution < -0.4 is 5.32 Å². The Kier molecular flexibility index (Phi) is 4.25. The Bertz CT molecular complexity index is 595. The van der Waals surface area contributed by atoms with Crippen LogP contribution in [0.25, 0.3) is 0 Å². The van der Waals surface area contributed by atoms with Crippen LogP contribution in [-0.2, 0) is 0 Å². The van der Waals surface area contributed by atoms with Gasteiger partial charge in [0.15, 0.2) is 0 Å². The maximum atomic E-state index is 13.5. The molecule has 0 amide bonds. The molecule has 2 rings (SSSR count). The molecule has 1 atom stereocenters. The van der Waals surface area contributed by atoms with Crippen LogP contribution >= 0.6 is 15.9 Å². The van der Waals surface area contributed by atoms with E-state index in [9.17, 15) is 4.39 Å². The van der Waals surface area contributed by atoms with Crippen molar-refractivity contribution in [2.75, 3.05) is 5.32 Å². The number of anilines is 1. The molecule has 0 bridgehead atoms. The SMILES string of the molecule is Cc1ccc(C(C)Nc2ccc(Br)c(F)c2)c(C)c1. The standard InChI is InChI=1S/C16H17BrFN/c1-10-4-6-14(11(2)8-10)12(3)19-13-5-7-15(17)16(18)9-13/h4-9,12,19H,1-3H3. The third kappa shape index (κ3) is 3.35. The van der Waals surface area contributed by atoms with Crippen molar-refractivity contribution in [3.63, 3.8) is 0 Å². The zero-order valence-electron chi connectivity index (χ0n) is 11.3. The number of halogens is 2. The van der Waals surface area contributed by atoms with Crippen LogP contribution in [0.3, 0.4) is 0 Å². The largest absolute Gasteiger partial charge is 0.378 e. The van der Waals surface area contributed by atoms with E-state index in [-0.39, 0.29) is 11.9 Å².